The molecule has 0 bridgehead atoms. The van der Waals surface area contributed by atoms with E-state index in [0.717, 1.165) is 11.3 Å². The lowest BCUT2D eigenvalue weighted by Gasteiger charge is -2.43. The number of carbonyl (C=O) groups excluding carboxylic acids is 1. The van der Waals surface area contributed by atoms with Gasteiger partial charge in [0, 0.05) is 0 Å². The van der Waals surface area contributed by atoms with Crippen LogP contribution < -0.4 is 5.06 Å². The van der Waals surface area contributed by atoms with Gasteiger partial charge in [0.1, 0.15) is 0 Å². The van der Waals surface area contributed by atoms with Gasteiger partial charge in [-0.25, -0.2) is 0 Å². The van der Waals surface area contributed by atoms with Crippen LogP contribution in [0.2, 0.25) is 19.6 Å². The second kappa shape index (κ2) is 8.72. The molecule has 0 aliphatic rings. The molecule has 2 aromatic carbocycles. The van der Waals surface area contributed by atoms with Crippen LogP contribution in [-0.4, -0.2) is 20.9 Å². The highest BCUT2D eigenvalue weighted by molar-refractivity contribution is 6.69. The number of ether oxygens (including phenoxy) is 1. The average molecular weight is 386 g/mol. The molecule has 4 nitrogen and oxygen atoms in total. The summed E-state index contributed by atoms with van der Waals surface area (Å²) in [5.74, 6) is -0.237. The van der Waals surface area contributed by atoms with E-state index in [2.05, 4.69) is 19.6 Å². The first-order valence-corrected chi connectivity index (χ1v) is 12.8. The Labute approximate surface area is 164 Å². The van der Waals surface area contributed by atoms with E-state index in [9.17, 15) is 4.79 Å². The van der Waals surface area contributed by atoms with Gasteiger partial charge in [-0.3, -0.25) is 9.86 Å². The minimum atomic E-state index is -1.96. The Morgan fingerprint density at radius 2 is 1.52 bits per heavy atom. The molecule has 1 unspecified atom stereocenters. The molecule has 2 rings (SSSR count). The zero-order valence-electron chi connectivity index (χ0n) is 17.2. The van der Waals surface area contributed by atoms with Crippen LogP contribution in [0.25, 0.3) is 0 Å². The van der Waals surface area contributed by atoms with E-state index in [-0.39, 0.29) is 12.0 Å². The predicted molar refractivity (Wildman–Crippen MR) is 113 cm³/mol. The summed E-state index contributed by atoms with van der Waals surface area (Å²) in [5, 5.41) is 1.92. The highest BCUT2D eigenvalue weighted by Crippen LogP contribution is 2.42. The van der Waals surface area contributed by atoms with E-state index in [1.165, 1.54) is 0 Å². The molecule has 0 aliphatic heterocycles. The summed E-state index contributed by atoms with van der Waals surface area (Å²) in [5.41, 5.74) is 1.12. The fourth-order valence-electron chi connectivity index (χ4n) is 3.03. The topological polar surface area (TPSA) is 38.8 Å². The largest absolute Gasteiger partial charge is 0.466 e. The van der Waals surface area contributed by atoms with Crippen LogP contribution >= 0.6 is 0 Å². The summed E-state index contributed by atoms with van der Waals surface area (Å²) < 4.78 is 11.9. The van der Waals surface area contributed by atoms with Crippen molar-refractivity contribution in [2.45, 2.75) is 46.5 Å². The van der Waals surface area contributed by atoms with E-state index in [1.54, 1.807) is 0 Å². The van der Waals surface area contributed by atoms with E-state index >= 15 is 0 Å². The summed E-state index contributed by atoms with van der Waals surface area (Å²) in [7, 11) is -1.96. The van der Waals surface area contributed by atoms with Crippen molar-refractivity contribution in [3.05, 3.63) is 66.2 Å². The van der Waals surface area contributed by atoms with Gasteiger partial charge in [-0.2, -0.15) is 0 Å². The lowest BCUT2D eigenvalue weighted by molar-refractivity contribution is -0.155. The quantitative estimate of drug-likeness (QED) is 0.337. The number of rotatable bonds is 8. The van der Waals surface area contributed by atoms with E-state index in [1.807, 2.05) is 86.5 Å². The first-order valence-electron chi connectivity index (χ1n) is 9.42. The molecule has 0 aliphatic carbocycles. The number of hydrogen-bond acceptors (Lipinski definition) is 4. The molecule has 0 saturated carbocycles. The van der Waals surface area contributed by atoms with Gasteiger partial charge in [0.15, 0.2) is 0 Å². The van der Waals surface area contributed by atoms with Crippen molar-refractivity contribution in [2.24, 2.45) is 5.41 Å². The molecule has 146 valence electrons. The van der Waals surface area contributed by atoms with Gasteiger partial charge < -0.3 is 9.26 Å². The molecular weight excluding hydrogens is 354 g/mol. The molecule has 0 saturated heterocycles. The Hall–Kier alpha value is -2.11. The maximum atomic E-state index is 12.9. The van der Waals surface area contributed by atoms with Gasteiger partial charge in [0.05, 0.1) is 23.8 Å². The van der Waals surface area contributed by atoms with Gasteiger partial charge in [0.25, 0.3) is 0 Å². The fraction of sp³-hybridized carbons (Fsp3) is 0.409. The van der Waals surface area contributed by atoms with Crippen molar-refractivity contribution in [3.63, 3.8) is 0 Å². The normalized spacial score (nSPS) is 13.1. The highest BCUT2D eigenvalue weighted by atomic mass is 28.4. The number of anilines is 1. The van der Waals surface area contributed by atoms with Gasteiger partial charge >= 0.3 is 5.97 Å². The third-order valence-corrected chi connectivity index (χ3v) is 4.96. The second-order valence-electron chi connectivity index (χ2n) is 8.12. The number of benzene rings is 2. The molecule has 0 N–H and O–H groups in total. The first-order chi connectivity index (χ1) is 12.7. The summed E-state index contributed by atoms with van der Waals surface area (Å²) in [6.07, 6.45) is 0. The van der Waals surface area contributed by atoms with E-state index < -0.39 is 13.7 Å². The Kier molecular flexibility index (Phi) is 6.84. The Balaban J connectivity index is 2.62. The number of hydrogen-bond donors (Lipinski definition) is 0. The molecular formula is C22H31NO3Si. The van der Waals surface area contributed by atoms with Crippen molar-refractivity contribution in [3.8, 4) is 0 Å². The maximum absolute atomic E-state index is 12.9. The van der Waals surface area contributed by atoms with Crippen molar-refractivity contribution in [1.82, 2.24) is 0 Å². The zero-order chi connectivity index (χ0) is 20.1. The summed E-state index contributed by atoms with van der Waals surface area (Å²) in [6, 6.07) is 19.7. The Morgan fingerprint density at radius 1 is 1.00 bits per heavy atom. The number of hydroxylamine groups is 1. The van der Waals surface area contributed by atoms with Gasteiger partial charge in [-0.1, -0.05) is 48.5 Å². The maximum Gasteiger partial charge on any atom is 0.314 e. The van der Waals surface area contributed by atoms with Crippen molar-refractivity contribution in [2.75, 3.05) is 11.7 Å². The molecule has 0 heterocycles. The highest BCUT2D eigenvalue weighted by Gasteiger charge is 2.44. The summed E-state index contributed by atoms with van der Waals surface area (Å²) >= 11 is 0. The third-order valence-electron chi connectivity index (χ3n) is 4.22. The molecule has 0 amide bonds. The lowest BCUT2D eigenvalue weighted by atomic mass is 9.80. The van der Waals surface area contributed by atoms with Crippen LogP contribution in [0.3, 0.4) is 0 Å². The van der Waals surface area contributed by atoms with E-state index in [4.69, 9.17) is 9.26 Å². The van der Waals surface area contributed by atoms with Crippen LogP contribution in [0.15, 0.2) is 60.7 Å². The monoisotopic (exact) mass is 385 g/mol. The molecule has 5 heteroatoms. The van der Waals surface area contributed by atoms with Crippen LogP contribution in [0.1, 0.15) is 32.4 Å². The second-order valence-corrected chi connectivity index (χ2v) is 12.5. The first kappa shape index (κ1) is 21.2. The molecule has 0 radical (unpaired) electrons. The van der Waals surface area contributed by atoms with Crippen LogP contribution in [0, 0.1) is 5.41 Å². The minimum absolute atomic E-state index is 0.237. The van der Waals surface area contributed by atoms with Crippen LogP contribution in [0.4, 0.5) is 5.69 Å². The van der Waals surface area contributed by atoms with Crippen LogP contribution in [-0.2, 0) is 14.1 Å². The lowest BCUT2D eigenvalue weighted by Crippen LogP contribution is -2.47. The van der Waals surface area contributed by atoms with Crippen molar-refractivity contribution in [1.29, 1.82) is 0 Å². The SMILES string of the molecule is CCOC(=O)C(C)(C)C(c1ccccc1)N(O[Si](C)(C)C)c1ccccc1. The minimum Gasteiger partial charge on any atom is -0.466 e. The summed E-state index contributed by atoms with van der Waals surface area (Å²) in [4.78, 5) is 12.9. The predicted octanol–water partition coefficient (Wildman–Crippen LogP) is 5.59. The number of para-hydroxylation sites is 1. The number of esters is 1. The smallest absolute Gasteiger partial charge is 0.314 e. The summed E-state index contributed by atoms with van der Waals surface area (Å²) in [6.45, 7) is 12.5. The molecule has 27 heavy (non-hydrogen) atoms. The third kappa shape index (κ3) is 5.43. The molecule has 0 fully saturated rings. The molecule has 0 spiro atoms. The average Bonchev–Trinajstić information content (AvgIpc) is 2.62. The Bertz CT molecular complexity index is 726. The standard InChI is InChI=1S/C22H31NO3Si/c1-7-25-21(24)22(2,3)20(18-14-10-8-11-15-18)23(26-27(4,5)6)19-16-12-9-13-17-19/h8-17,20H,7H2,1-6H3. The van der Waals surface area contributed by atoms with Gasteiger partial charge in [-0.05, 0) is 58.1 Å². The van der Waals surface area contributed by atoms with Crippen molar-refractivity contribution >= 4 is 20.0 Å². The van der Waals surface area contributed by atoms with Gasteiger partial charge in [-0.15, -0.1) is 0 Å². The number of carbonyl (C=O) groups is 1. The van der Waals surface area contributed by atoms with Gasteiger partial charge in [0.2, 0.25) is 8.32 Å². The van der Waals surface area contributed by atoms with E-state index in [0.29, 0.717) is 6.61 Å². The Morgan fingerprint density at radius 3 is 2.00 bits per heavy atom. The number of nitrogens with zero attached hydrogens (tertiary/aromatic N) is 1. The zero-order valence-corrected chi connectivity index (χ0v) is 18.2. The molecule has 0 aromatic heterocycles. The fourth-order valence-corrected chi connectivity index (χ4v) is 3.83. The molecule has 2 aromatic rings. The molecule has 1 atom stereocenters. The van der Waals surface area contributed by atoms with Crippen molar-refractivity contribution < 1.29 is 14.1 Å². The van der Waals surface area contributed by atoms with Crippen LogP contribution in [0.5, 0.6) is 0 Å².